The van der Waals surface area contributed by atoms with E-state index in [1.54, 1.807) is 53.9 Å². The van der Waals surface area contributed by atoms with Gasteiger partial charge in [-0.15, -0.1) is 23.5 Å². The number of anilines is 1. The summed E-state index contributed by atoms with van der Waals surface area (Å²) >= 11 is 3.34. The third-order valence-electron chi connectivity index (χ3n) is 5.74. The van der Waals surface area contributed by atoms with Gasteiger partial charge in [0.1, 0.15) is 4.91 Å². The summed E-state index contributed by atoms with van der Waals surface area (Å²) in [4.78, 5) is 26.8. The fourth-order valence-electron chi connectivity index (χ4n) is 4.20. The van der Waals surface area contributed by atoms with Crippen molar-refractivity contribution in [3.8, 4) is 0 Å². The average molecular weight is 562 g/mol. The SMILES string of the molecule is CC(C)S/C(C=[NH+]c1cccc2c([N+](=O)[O-])cccc12)=C(/Nc1cccc2c([N+](=O)[O-])cccc12)SC(C)C. The normalized spacial score (nSPS) is 12.5. The molecule has 8 nitrogen and oxygen atoms in total. The molecule has 0 bridgehead atoms. The first kappa shape index (κ1) is 28.1. The summed E-state index contributed by atoms with van der Waals surface area (Å²) in [6, 6.07) is 21.1. The van der Waals surface area contributed by atoms with Crippen LogP contribution in [0, 0.1) is 20.2 Å². The zero-order chi connectivity index (χ0) is 28.1. The largest absolute Gasteiger partial charge is 0.349 e. The molecule has 0 saturated carbocycles. The lowest BCUT2D eigenvalue weighted by Crippen LogP contribution is -2.61. The summed E-state index contributed by atoms with van der Waals surface area (Å²) in [5.41, 5.74) is 1.66. The number of nitro groups is 2. The number of non-ortho nitro benzene ring substituents is 2. The molecular weight excluding hydrogens is 532 g/mol. The molecule has 4 aromatic rings. The van der Waals surface area contributed by atoms with E-state index in [1.807, 2.05) is 36.5 Å². The Morgan fingerprint density at radius 2 is 1.26 bits per heavy atom. The maximum Gasteiger partial charge on any atom is 0.277 e. The molecular formula is C29H29N4O4S2+. The predicted molar refractivity (Wildman–Crippen MR) is 164 cm³/mol. The van der Waals surface area contributed by atoms with Crippen molar-refractivity contribution in [1.29, 1.82) is 0 Å². The van der Waals surface area contributed by atoms with Crippen LogP contribution in [0.5, 0.6) is 0 Å². The minimum Gasteiger partial charge on any atom is -0.349 e. The first-order chi connectivity index (χ1) is 18.7. The highest BCUT2D eigenvalue weighted by Crippen LogP contribution is 2.36. The van der Waals surface area contributed by atoms with Gasteiger partial charge in [-0.25, -0.2) is 4.99 Å². The summed E-state index contributed by atoms with van der Waals surface area (Å²) in [7, 11) is 0. The van der Waals surface area contributed by atoms with E-state index in [0.29, 0.717) is 10.8 Å². The standard InChI is InChI=1S/C29H28N4O4S2/c1-18(2)38-28(17-30-24-13-5-11-22-20(24)9-7-15-26(22)32(34)35)29(39-19(3)4)31-25-14-6-12-23-21(25)10-8-16-27(23)33(36)37/h5-19,31H,1-4H3/p+1/b29-28-,30-17?. The van der Waals surface area contributed by atoms with Crippen LogP contribution in [-0.2, 0) is 0 Å². The van der Waals surface area contributed by atoms with E-state index in [2.05, 4.69) is 38.0 Å². The second kappa shape index (κ2) is 12.3. The molecule has 0 aliphatic carbocycles. The number of benzene rings is 4. The Morgan fingerprint density at radius 1 is 0.744 bits per heavy atom. The van der Waals surface area contributed by atoms with E-state index in [-0.39, 0.29) is 31.7 Å². The minimum absolute atomic E-state index is 0.0613. The Hall–Kier alpha value is -3.89. The minimum atomic E-state index is -0.369. The molecule has 4 aromatic carbocycles. The molecule has 2 N–H and O–H groups in total. The quantitative estimate of drug-likeness (QED) is 0.120. The van der Waals surface area contributed by atoms with Crippen LogP contribution in [0.3, 0.4) is 0 Å². The molecule has 10 heteroatoms. The van der Waals surface area contributed by atoms with Gasteiger partial charge in [-0.3, -0.25) is 20.2 Å². The smallest absolute Gasteiger partial charge is 0.277 e. The number of nitro benzene ring substituents is 2. The Morgan fingerprint density at radius 3 is 1.85 bits per heavy atom. The van der Waals surface area contributed by atoms with Crippen LogP contribution in [0.25, 0.3) is 21.5 Å². The monoisotopic (exact) mass is 561 g/mol. The van der Waals surface area contributed by atoms with Gasteiger partial charge in [-0.2, -0.15) is 0 Å². The van der Waals surface area contributed by atoms with Crippen LogP contribution in [-0.4, -0.2) is 26.6 Å². The van der Waals surface area contributed by atoms with E-state index in [9.17, 15) is 20.2 Å². The lowest BCUT2D eigenvalue weighted by molar-refractivity contribution is -0.383. The van der Waals surface area contributed by atoms with Crippen LogP contribution in [0.15, 0.2) is 82.7 Å². The molecule has 0 fully saturated rings. The summed E-state index contributed by atoms with van der Waals surface area (Å²) in [5.74, 6) is 0. The molecule has 0 saturated heterocycles. The molecule has 0 spiro atoms. The Bertz CT molecular complexity index is 1620. The molecule has 39 heavy (non-hydrogen) atoms. The van der Waals surface area contributed by atoms with E-state index in [4.69, 9.17) is 0 Å². The van der Waals surface area contributed by atoms with Gasteiger partial charge in [-0.1, -0.05) is 58.0 Å². The number of rotatable bonds is 10. The highest BCUT2D eigenvalue weighted by Gasteiger charge is 2.19. The first-order valence-electron chi connectivity index (χ1n) is 12.4. The van der Waals surface area contributed by atoms with E-state index >= 15 is 0 Å². The van der Waals surface area contributed by atoms with Gasteiger partial charge in [0.2, 0.25) is 5.69 Å². The number of nitrogens with one attached hydrogen (secondary N) is 2. The number of thioether (sulfide) groups is 2. The number of nitrogens with zero attached hydrogens (tertiary/aromatic N) is 2. The average Bonchev–Trinajstić information content (AvgIpc) is 2.89. The van der Waals surface area contributed by atoms with Crippen LogP contribution < -0.4 is 10.3 Å². The fraction of sp³-hybridized carbons (Fsp3) is 0.207. The van der Waals surface area contributed by atoms with Crippen LogP contribution in [0.2, 0.25) is 0 Å². The van der Waals surface area contributed by atoms with Crippen LogP contribution in [0.1, 0.15) is 27.7 Å². The third-order valence-corrected chi connectivity index (χ3v) is 7.94. The summed E-state index contributed by atoms with van der Waals surface area (Å²) in [6.07, 6.45) is 1.92. The molecule has 0 aromatic heterocycles. The number of fused-ring (bicyclic) bond motifs is 2. The molecule has 0 aliphatic heterocycles. The lowest BCUT2D eigenvalue weighted by atomic mass is 10.1. The maximum absolute atomic E-state index is 11.6. The van der Waals surface area contributed by atoms with Gasteiger partial charge in [-0.05, 0) is 24.3 Å². The Balaban J connectivity index is 1.84. The van der Waals surface area contributed by atoms with E-state index < -0.39 is 0 Å². The Kier molecular flexibility index (Phi) is 8.88. The molecule has 0 aliphatic rings. The van der Waals surface area contributed by atoms with E-state index in [1.165, 1.54) is 12.1 Å². The topological polar surface area (TPSA) is 112 Å². The Labute approximate surface area is 234 Å². The van der Waals surface area contributed by atoms with Gasteiger partial charge in [0.05, 0.1) is 31.0 Å². The molecule has 4 rings (SSSR count). The lowest BCUT2D eigenvalue weighted by Gasteiger charge is -2.17. The molecule has 200 valence electrons. The van der Waals surface area contributed by atoms with Gasteiger partial charge in [0, 0.05) is 39.8 Å². The molecule has 0 atom stereocenters. The van der Waals surface area contributed by atoms with Crippen molar-refractivity contribution < 1.29 is 14.8 Å². The van der Waals surface area contributed by atoms with Gasteiger partial charge in [0.15, 0.2) is 6.21 Å². The van der Waals surface area contributed by atoms with Gasteiger partial charge >= 0.3 is 0 Å². The fourth-order valence-corrected chi connectivity index (χ4v) is 6.09. The van der Waals surface area contributed by atoms with Crippen molar-refractivity contribution in [3.05, 3.63) is 103 Å². The highest BCUT2D eigenvalue weighted by molar-refractivity contribution is 8.07. The summed E-state index contributed by atoms with van der Waals surface area (Å²) in [5, 5.41) is 30.8. The second-order valence-electron chi connectivity index (χ2n) is 9.31. The first-order valence-corrected chi connectivity index (χ1v) is 14.2. The highest BCUT2D eigenvalue weighted by atomic mass is 32.2. The zero-order valence-corrected chi connectivity index (χ0v) is 23.6. The van der Waals surface area contributed by atoms with Gasteiger partial charge in [0.25, 0.3) is 11.4 Å². The van der Waals surface area contributed by atoms with Crippen molar-refractivity contribution in [2.24, 2.45) is 0 Å². The molecule has 0 heterocycles. The van der Waals surface area contributed by atoms with Crippen molar-refractivity contribution >= 4 is 74.0 Å². The number of hydrogen-bond acceptors (Lipinski definition) is 7. The molecule has 0 radical (unpaired) electrons. The number of hydrogen-bond donors (Lipinski definition) is 2. The van der Waals surface area contributed by atoms with Crippen molar-refractivity contribution in [3.63, 3.8) is 0 Å². The maximum atomic E-state index is 11.6. The van der Waals surface area contributed by atoms with Crippen molar-refractivity contribution in [1.82, 2.24) is 0 Å². The zero-order valence-electron chi connectivity index (χ0n) is 22.0. The predicted octanol–water partition coefficient (Wildman–Crippen LogP) is 7.16. The molecule has 0 unspecified atom stereocenters. The second-order valence-corrected chi connectivity index (χ2v) is 12.5. The van der Waals surface area contributed by atoms with Crippen LogP contribution >= 0.6 is 23.5 Å². The third kappa shape index (κ3) is 6.58. The van der Waals surface area contributed by atoms with Gasteiger partial charge < -0.3 is 5.32 Å². The molecule has 0 amide bonds. The van der Waals surface area contributed by atoms with Crippen molar-refractivity contribution in [2.75, 3.05) is 5.32 Å². The van der Waals surface area contributed by atoms with Crippen molar-refractivity contribution in [2.45, 2.75) is 38.2 Å². The van der Waals surface area contributed by atoms with E-state index in [0.717, 1.165) is 32.1 Å². The van der Waals surface area contributed by atoms with Crippen LogP contribution in [0.4, 0.5) is 22.7 Å². The summed E-state index contributed by atoms with van der Waals surface area (Å²) in [6.45, 7) is 8.43. The summed E-state index contributed by atoms with van der Waals surface area (Å²) < 4.78 is 0. The number of allylic oxidation sites excluding steroid dienone is 1.